The van der Waals surface area contributed by atoms with Crippen molar-refractivity contribution in [3.05, 3.63) is 18.1 Å². The summed E-state index contributed by atoms with van der Waals surface area (Å²) in [4.78, 5) is 10.6. The minimum Gasteiger partial charge on any atom is -0.354 e. The Balaban J connectivity index is 2.06. The third-order valence-corrected chi connectivity index (χ3v) is 3.88. The predicted octanol–water partition coefficient (Wildman–Crippen LogP) is 0.784. The maximum Gasteiger partial charge on any atom is 0.147 e. The van der Waals surface area contributed by atoms with Crippen LogP contribution in [0.4, 0.5) is 5.82 Å². The van der Waals surface area contributed by atoms with E-state index in [1.807, 2.05) is 0 Å². The zero-order valence-corrected chi connectivity index (χ0v) is 9.80. The van der Waals surface area contributed by atoms with Crippen LogP contribution in [0.3, 0.4) is 0 Å². The molecule has 0 atom stereocenters. The first-order chi connectivity index (χ1) is 7.29. The van der Waals surface area contributed by atoms with E-state index in [9.17, 15) is 4.21 Å². The highest BCUT2D eigenvalue weighted by Gasteiger charge is 2.16. The molecule has 1 aliphatic rings. The highest BCUT2D eigenvalue weighted by Crippen LogP contribution is 2.12. The number of nitrogens with zero attached hydrogens (tertiary/aromatic N) is 3. The van der Waals surface area contributed by atoms with E-state index in [-0.39, 0.29) is 0 Å². The third-order valence-electron chi connectivity index (χ3n) is 2.33. The van der Waals surface area contributed by atoms with Gasteiger partial charge >= 0.3 is 0 Å². The molecule has 0 aliphatic carbocycles. The van der Waals surface area contributed by atoms with E-state index in [0.29, 0.717) is 5.88 Å². The van der Waals surface area contributed by atoms with Crippen molar-refractivity contribution in [2.24, 2.45) is 0 Å². The van der Waals surface area contributed by atoms with Gasteiger partial charge in [-0.15, -0.1) is 11.6 Å². The molecule has 2 rings (SSSR count). The van der Waals surface area contributed by atoms with Gasteiger partial charge in [0, 0.05) is 35.4 Å². The molecule has 1 fully saturated rings. The first-order valence-electron chi connectivity index (χ1n) is 4.76. The van der Waals surface area contributed by atoms with Crippen molar-refractivity contribution < 1.29 is 4.21 Å². The van der Waals surface area contributed by atoms with Crippen LogP contribution < -0.4 is 4.90 Å². The topological polar surface area (TPSA) is 46.1 Å². The van der Waals surface area contributed by atoms with Crippen LogP contribution in [0.15, 0.2) is 12.4 Å². The molecule has 0 N–H and O–H groups in total. The van der Waals surface area contributed by atoms with E-state index in [0.717, 1.165) is 36.1 Å². The maximum absolute atomic E-state index is 11.2. The van der Waals surface area contributed by atoms with E-state index >= 15 is 0 Å². The monoisotopic (exact) mass is 245 g/mol. The molecule has 4 nitrogen and oxygen atoms in total. The van der Waals surface area contributed by atoms with Crippen molar-refractivity contribution in [2.75, 3.05) is 29.5 Å². The predicted molar refractivity (Wildman–Crippen MR) is 61.7 cm³/mol. The van der Waals surface area contributed by atoms with Crippen LogP contribution in [0, 0.1) is 0 Å². The van der Waals surface area contributed by atoms with E-state index in [1.54, 1.807) is 12.4 Å². The highest BCUT2D eigenvalue weighted by molar-refractivity contribution is 7.85. The molecule has 6 heteroatoms. The van der Waals surface area contributed by atoms with E-state index in [1.165, 1.54) is 0 Å². The zero-order chi connectivity index (χ0) is 10.7. The molecule has 1 aliphatic heterocycles. The van der Waals surface area contributed by atoms with Crippen molar-refractivity contribution in [3.8, 4) is 0 Å². The van der Waals surface area contributed by atoms with E-state index in [4.69, 9.17) is 11.6 Å². The van der Waals surface area contributed by atoms with Crippen LogP contribution in [0.1, 0.15) is 5.69 Å². The molecule has 82 valence electrons. The second kappa shape index (κ2) is 4.90. The average molecular weight is 246 g/mol. The Morgan fingerprint density at radius 2 is 2.07 bits per heavy atom. The fourth-order valence-electron chi connectivity index (χ4n) is 1.45. The average Bonchev–Trinajstić information content (AvgIpc) is 2.30. The first kappa shape index (κ1) is 10.8. The molecule has 0 unspecified atom stereocenters. The molecule has 15 heavy (non-hydrogen) atoms. The highest BCUT2D eigenvalue weighted by atomic mass is 35.5. The Kier molecular flexibility index (Phi) is 3.53. The molecular weight excluding hydrogens is 234 g/mol. The lowest BCUT2D eigenvalue weighted by atomic mass is 10.4. The summed E-state index contributed by atoms with van der Waals surface area (Å²) in [6.07, 6.45) is 3.42. The number of alkyl halides is 1. The van der Waals surface area contributed by atoms with Crippen molar-refractivity contribution in [2.45, 2.75) is 5.88 Å². The molecule has 2 heterocycles. The SMILES string of the molecule is O=S1CCN(c2cnc(CCl)cn2)CC1. The second-order valence-electron chi connectivity index (χ2n) is 3.33. The summed E-state index contributed by atoms with van der Waals surface area (Å²) in [7, 11) is -0.652. The van der Waals surface area contributed by atoms with Crippen LogP contribution in [0.5, 0.6) is 0 Å². The van der Waals surface area contributed by atoms with Crippen LogP contribution >= 0.6 is 11.6 Å². The second-order valence-corrected chi connectivity index (χ2v) is 5.30. The standard InChI is InChI=1S/C9H12ClN3OS/c10-5-8-6-12-9(7-11-8)13-1-3-15(14)4-2-13/h6-7H,1-5H2. The van der Waals surface area contributed by atoms with Gasteiger partial charge < -0.3 is 4.90 Å². The molecule has 0 saturated carbocycles. The fourth-order valence-corrected chi connectivity index (χ4v) is 2.64. The molecule has 1 aromatic rings. The number of aromatic nitrogens is 2. The van der Waals surface area contributed by atoms with Crippen molar-refractivity contribution in [1.82, 2.24) is 9.97 Å². The van der Waals surface area contributed by atoms with E-state index < -0.39 is 10.8 Å². The normalized spacial score (nSPS) is 18.1. The molecule has 0 radical (unpaired) electrons. The smallest absolute Gasteiger partial charge is 0.147 e. The lowest BCUT2D eigenvalue weighted by Crippen LogP contribution is -2.38. The summed E-state index contributed by atoms with van der Waals surface area (Å²) in [5.74, 6) is 2.68. The van der Waals surface area contributed by atoms with Gasteiger partial charge in [-0.2, -0.15) is 0 Å². The molecule has 0 amide bonds. The van der Waals surface area contributed by atoms with Gasteiger partial charge in [-0.3, -0.25) is 9.19 Å². The summed E-state index contributed by atoms with van der Waals surface area (Å²) in [6.45, 7) is 1.59. The van der Waals surface area contributed by atoms with Crippen molar-refractivity contribution in [1.29, 1.82) is 0 Å². The summed E-state index contributed by atoms with van der Waals surface area (Å²) in [5, 5.41) is 0. The Hall–Kier alpha value is -0.680. The van der Waals surface area contributed by atoms with Gasteiger partial charge in [0.1, 0.15) is 5.82 Å². The van der Waals surface area contributed by atoms with Gasteiger partial charge in [-0.05, 0) is 0 Å². The van der Waals surface area contributed by atoms with Gasteiger partial charge in [0.05, 0.1) is 24.0 Å². The summed E-state index contributed by atoms with van der Waals surface area (Å²) in [6, 6.07) is 0. The zero-order valence-electron chi connectivity index (χ0n) is 8.23. The summed E-state index contributed by atoms with van der Waals surface area (Å²) < 4.78 is 11.2. The Morgan fingerprint density at radius 1 is 1.33 bits per heavy atom. The number of anilines is 1. The molecule has 0 spiro atoms. The number of rotatable bonds is 2. The molecule has 0 bridgehead atoms. The Bertz CT molecular complexity index is 347. The Labute approximate surface area is 96.1 Å². The third kappa shape index (κ3) is 2.66. The number of halogens is 1. The van der Waals surface area contributed by atoms with Crippen LogP contribution in [-0.2, 0) is 16.7 Å². The molecule has 1 aromatic heterocycles. The van der Waals surface area contributed by atoms with Crippen LogP contribution in [-0.4, -0.2) is 38.8 Å². The number of hydrogen-bond donors (Lipinski definition) is 0. The minimum atomic E-state index is -0.652. The van der Waals surface area contributed by atoms with Gasteiger partial charge in [0.2, 0.25) is 0 Å². The fraction of sp³-hybridized carbons (Fsp3) is 0.556. The largest absolute Gasteiger partial charge is 0.354 e. The van der Waals surface area contributed by atoms with Crippen molar-refractivity contribution >= 4 is 28.2 Å². The van der Waals surface area contributed by atoms with Gasteiger partial charge in [-0.25, -0.2) is 4.98 Å². The maximum atomic E-state index is 11.2. The first-order valence-corrected chi connectivity index (χ1v) is 6.78. The van der Waals surface area contributed by atoms with Gasteiger partial charge in [-0.1, -0.05) is 0 Å². The van der Waals surface area contributed by atoms with Crippen molar-refractivity contribution in [3.63, 3.8) is 0 Å². The lowest BCUT2D eigenvalue weighted by Gasteiger charge is -2.26. The summed E-state index contributed by atoms with van der Waals surface area (Å²) >= 11 is 5.63. The minimum absolute atomic E-state index is 0.386. The molecule has 0 aromatic carbocycles. The Morgan fingerprint density at radius 3 is 2.60 bits per heavy atom. The summed E-state index contributed by atoms with van der Waals surface area (Å²) in [5.41, 5.74) is 0.779. The molecule has 1 saturated heterocycles. The molecular formula is C9H12ClN3OS. The van der Waals surface area contributed by atoms with E-state index in [2.05, 4.69) is 14.9 Å². The van der Waals surface area contributed by atoms with Gasteiger partial charge in [0.15, 0.2) is 0 Å². The van der Waals surface area contributed by atoms with Crippen LogP contribution in [0.25, 0.3) is 0 Å². The lowest BCUT2D eigenvalue weighted by molar-refractivity contribution is 0.672. The quantitative estimate of drug-likeness (QED) is 0.723. The van der Waals surface area contributed by atoms with Gasteiger partial charge in [0.25, 0.3) is 0 Å². The number of hydrogen-bond acceptors (Lipinski definition) is 4. The van der Waals surface area contributed by atoms with Crippen LogP contribution in [0.2, 0.25) is 0 Å².